The Balaban J connectivity index is 0.00000117. The largest absolute Gasteiger partial charge is 0.400 e. The number of hydrogen-bond acceptors (Lipinski definition) is 5. The van der Waals surface area contributed by atoms with Crippen LogP contribution in [-0.4, -0.2) is 42.1 Å². The van der Waals surface area contributed by atoms with E-state index in [-0.39, 0.29) is 12.0 Å². The Bertz CT molecular complexity index is 1010. The van der Waals surface area contributed by atoms with Gasteiger partial charge in [-0.25, -0.2) is 4.98 Å². The maximum Gasteiger partial charge on any atom is 0.198 e. The van der Waals surface area contributed by atoms with Crippen LogP contribution in [0.2, 0.25) is 5.02 Å². The van der Waals surface area contributed by atoms with Gasteiger partial charge in [-0.15, -0.1) is 0 Å². The van der Waals surface area contributed by atoms with Crippen LogP contribution in [0, 0.1) is 0 Å². The van der Waals surface area contributed by atoms with E-state index in [1.165, 1.54) is 0 Å². The molecule has 2 aromatic heterocycles. The molecule has 0 bridgehead atoms. The van der Waals surface area contributed by atoms with Crippen molar-refractivity contribution in [3.8, 4) is 0 Å². The third-order valence-corrected chi connectivity index (χ3v) is 4.42. The second-order valence-corrected chi connectivity index (χ2v) is 6.23. The van der Waals surface area contributed by atoms with Crippen molar-refractivity contribution in [3.05, 3.63) is 45.2 Å². The number of aldehydes is 1. The molecule has 138 valence electrons. The van der Waals surface area contributed by atoms with Crippen LogP contribution in [0.3, 0.4) is 0 Å². The SMILES string of the molecule is CCc1ccc2c(=O)c3ccc(Cl)c(N(C)C)c3n(CC=O)c2n1.CO. The summed E-state index contributed by atoms with van der Waals surface area (Å²) in [6.45, 7) is 2.11. The molecule has 6 nitrogen and oxygen atoms in total. The van der Waals surface area contributed by atoms with Crippen LogP contribution in [0.4, 0.5) is 5.69 Å². The average molecular weight is 376 g/mol. The summed E-state index contributed by atoms with van der Waals surface area (Å²) in [5, 5.41) is 8.56. The Morgan fingerprint density at radius 1 is 1.19 bits per heavy atom. The highest BCUT2D eigenvalue weighted by Crippen LogP contribution is 2.33. The monoisotopic (exact) mass is 375 g/mol. The first-order valence-corrected chi connectivity index (χ1v) is 8.57. The fourth-order valence-electron chi connectivity index (χ4n) is 3.01. The van der Waals surface area contributed by atoms with Crippen LogP contribution < -0.4 is 10.3 Å². The second kappa shape index (κ2) is 8.29. The van der Waals surface area contributed by atoms with E-state index in [2.05, 4.69) is 4.98 Å². The molecule has 0 aliphatic carbocycles. The van der Waals surface area contributed by atoms with Crippen LogP contribution in [-0.2, 0) is 17.8 Å². The smallest absolute Gasteiger partial charge is 0.198 e. The minimum Gasteiger partial charge on any atom is -0.400 e. The Kier molecular flexibility index (Phi) is 6.34. The van der Waals surface area contributed by atoms with Crippen LogP contribution in [0.5, 0.6) is 0 Å². The van der Waals surface area contributed by atoms with Gasteiger partial charge in [0.05, 0.1) is 28.2 Å². The van der Waals surface area contributed by atoms with E-state index in [4.69, 9.17) is 16.7 Å². The summed E-state index contributed by atoms with van der Waals surface area (Å²) >= 11 is 6.37. The number of rotatable bonds is 4. The summed E-state index contributed by atoms with van der Waals surface area (Å²) in [6.07, 6.45) is 1.56. The number of fused-ring (bicyclic) bond motifs is 2. The number of pyridine rings is 2. The molecule has 0 unspecified atom stereocenters. The molecule has 0 aliphatic heterocycles. The third-order valence-electron chi connectivity index (χ3n) is 4.12. The van der Waals surface area contributed by atoms with Crippen molar-refractivity contribution in [1.29, 1.82) is 0 Å². The van der Waals surface area contributed by atoms with Gasteiger partial charge in [-0.2, -0.15) is 0 Å². The zero-order valence-electron chi connectivity index (χ0n) is 15.3. The molecule has 0 radical (unpaired) electrons. The number of hydrogen-bond donors (Lipinski definition) is 1. The number of nitrogens with zero attached hydrogens (tertiary/aromatic N) is 3. The number of aromatic nitrogens is 2. The van der Waals surface area contributed by atoms with E-state index >= 15 is 0 Å². The van der Waals surface area contributed by atoms with Crippen molar-refractivity contribution in [1.82, 2.24) is 9.55 Å². The first-order chi connectivity index (χ1) is 12.5. The topological polar surface area (TPSA) is 75.4 Å². The summed E-state index contributed by atoms with van der Waals surface area (Å²) < 4.78 is 1.78. The number of aryl methyl sites for hydroxylation is 1. The van der Waals surface area contributed by atoms with Gasteiger partial charge in [0.25, 0.3) is 0 Å². The second-order valence-electron chi connectivity index (χ2n) is 5.82. The standard InChI is InChI=1S/C18H18ClN3O2.CH4O/c1-4-11-5-6-13-17(24)12-7-8-14(19)16(21(2)3)15(12)22(9-10-23)18(13)20-11;1-2/h5-8,10H,4,9H2,1-3H3;2H,1H3. The molecule has 0 atom stereocenters. The lowest BCUT2D eigenvalue weighted by molar-refractivity contribution is -0.108. The van der Waals surface area contributed by atoms with E-state index in [9.17, 15) is 9.59 Å². The van der Waals surface area contributed by atoms with Crippen molar-refractivity contribution < 1.29 is 9.90 Å². The minimum atomic E-state index is -0.0999. The Morgan fingerprint density at radius 2 is 1.85 bits per heavy atom. The molecule has 7 heteroatoms. The number of benzene rings is 1. The molecule has 1 N–H and O–H groups in total. The maximum atomic E-state index is 12.9. The maximum absolute atomic E-state index is 12.9. The molecule has 0 fully saturated rings. The fourth-order valence-corrected chi connectivity index (χ4v) is 3.33. The van der Waals surface area contributed by atoms with E-state index < -0.39 is 0 Å². The molecule has 3 rings (SSSR count). The molecular weight excluding hydrogens is 354 g/mol. The first kappa shape index (κ1) is 19.9. The predicted octanol–water partition coefficient (Wildman–Crippen LogP) is 2.64. The Morgan fingerprint density at radius 3 is 2.42 bits per heavy atom. The Labute approximate surface area is 156 Å². The molecule has 26 heavy (non-hydrogen) atoms. The summed E-state index contributed by atoms with van der Waals surface area (Å²) in [5.74, 6) is 0. The van der Waals surface area contributed by atoms with Gasteiger partial charge in [0.15, 0.2) is 5.43 Å². The van der Waals surface area contributed by atoms with Crippen molar-refractivity contribution >= 4 is 45.5 Å². The molecular formula is C19H22ClN3O3. The van der Waals surface area contributed by atoms with Crippen LogP contribution >= 0.6 is 11.6 Å². The van der Waals surface area contributed by atoms with Gasteiger partial charge in [0.2, 0.25) is 0 Å². The van der Waals surface area contributed by atoms with Gasteiger partial charge < -0.3 is 19.4 Å². The summed E-state index contributed by atoms with van der Waals surface area (Å²) in [4.78, 5) is 30.7. The quantitative estimate of drug-likeness (QED) is 0.560. The van der Waals surface area contributed by atoms with Gasteiger partial charge >= 0.3 is 0 Å². The average Bonchev–Trinajstić information content (AvgIpc) is 2.65. The predicted molar refractivity (Wildman–Crippen MR) is 106 cm³/mol. The van der Waals surface area contributed by atoms with Crippen molar-refractivity contribution in [2.75, 3.05) is 26.1 Å². The normalized spacial score (nSPS) is 10.5. The summed E-state index contributed by atoms with van der Waals surface area (Å²) in [5.41, 5.74) is 2.63. The lowest BCUT2D eigenvalue weighted by Crippen LogP contribution is -2.18. The van der Waals surface area contributed by atoms with Gasteiger partial charge in [-0.3, -0.25) is 4.79 Å². The summed E-state index contributed by atoms with van der Waals surface area (Å²) in [6, 6.07) is 7.06. The van der Waals surface area contributed by atoms with E-state index in [0.717, 1.165) is 25.5 Å². The molecule has 0 saturated heterocycles. The van der Waals surface area contributed by atoms with Crippen LogP contribution in [0.25, 0.3) is 21.9 Å². The van der Waals surface area contributed by atoms with Crippen molar-refractivity contribution in [3.63, 3.8) is 0 Å². The highest BCUT2D eigenvalue weighted by molar-refractivity contribution is 6.35. The molecule has 1 aromatic carbocycles. The number of anilines is 1. The van der Waals surface area contributed by atoms with Crippen molar-refractivity contribution in [2.45, 2.75) is 19.9 Å². The highest BCUT2D eigenvalue weighted by atomic mass is 35.5. The first-order valence-electron chi connectivity index (χ1n) is 8.19. The van der Waals surface area contributed by atoms with Crippen molar-refractivity contribution in [2.24, 2.45) is 0 Å². The number of carbonyl (C=O) groups excluding carboxylic acids is 1. The van der Waals surface area contributed by atoms with Crippen LogP contribution in [0.15, 0.2) is 29.1 Å². The van der Waals surface area contributed by atoms with Gasteiger partial charge in [0.1, 0.15) is 11.9 Å². The Hall–Kier alpha value is -2.44. The molecule has 0 spiro atoms. The lowest BCUT2D eigenvalue weighted by Gasteiger charge is -2.21. The van der Waals surface area contributed by atoms with Gasteiger partial charge in [0, 0.05) is 32.3 Å². The summed E-state index contributed by atoms with van der Waals surface area (Å²) in [7, 11) is 4.72. The van der Waals surface area contributed by atoms with E-state index in [1.54, 1.807) is 22.8 Å². The number of aliphatic hydroxyl groups is 1. The highest BCUT2D eigenvalue weighted by Gasteiger charge is 2.18. The zero-order valence-corrected chi connectivity index (χ0v) is 16.0. The molecule has 3 aromatic rings. The number of halogens is 1. The molecule has 0 amide bonds. The fraction of sp³-hybridized carbons (Fsp3) is 0.316. The minimum absolute atomic E-state index is 0.0999. The lowest BCUT2D eigenvalue weighted by atomic mass is 10.1. The third kappa shape index (κ3) is 3.30. The zero-order chi connectivity index (χ0) is 19.4. The van der Waals surface area contributed by atoms with Crippen LogP contribution in [0.1, 0.15) is 12.6 Å². The molecule has 0 saturated carbocycles. The molecule has 2 heterocycles. The van der Waals surface area contributed by atoms with Gasteiger partial charge in [-0.05, 0) is 30.7 Å². The van der Waals surface area contributed by atoms with E-state index in [1.807, 2.05) is 32.0 Å². The number of aliphatic hydroxyl groups excluding tert-OH is 1. The molecule has 0 aliphatic rings. The van der Waals surface area contributed by atoms with E-state index in [0.29, 0.717) is 32.6 Å². The van der Waals surface area contributed by atoms with Gasteiger partial charge in [-0.1, -0.05) is 18.5 Å². The number of carbonyl (C=O) groups is 1.